The number of nitrogens with zero attached hydrogens (tertiary/aromatic N) is 2. The second-order valence-electron chi connectivity index (χ2n) is 8.79. The average Bonchev–Trinajstić information content (AvgIpc) is 3.44. The van der Waals surface area contributed by atoms with Gasteiger partial charge in [0.1, 0.15) is 0 Å². The van der Waals surface area contributed by atoms with Crippen LogP contribution in [0.2, 0.25) is 0 Å². The molecule has 1 aliphatic rings. The third-order valence-electron chi connectivity index (χ3n) is 5.95. The van der Waals surface area contributed by atoms with Crippen LogP contribution in [-0.2, 0) is 21.4 Å². The molecule has 0 spiro atoms. The van der Waals surface area contributed by atoms with Crippen molar-refractivity contribution in [3.05, 3.63) is 58.6 Å². The molecule has 2 aromatic heterocycles. The van der Waals surface area contributed by atoms with Crippen molar-refractivity contribution >= 4 is 17.2 Å². The molecule has 0 aliphatic carbocycles. The van der Waals surface area contributed by atoms with Gasteiger partial charge in [0.25, 0.3) is 0 Å². The van der Waals surface area contributed by atoms with Gasteiger partial charge in [-0.05, 0) is 50.1 Å². The van der Waals surface area contributed by atoms with E-state index in [0.717, 1.165) is 31.4 Å². The summed E-state index contributed by atoms with van der Waals surface area (Å²) in [4.78, 5) is 12.4. The number of ether oxygens (including phenoxy) is 1. The van der Waals surface area contributed by atoms with Crippen LogP contribution in [0.4, 0.5) is 0 Å². The number of amides is 1. The molecule has 1 aliphatic heterocycles. The summed E-state index contributed by atoms with van der Waals surface area (Å²) in [6.45, 7) is 5.67. The molecule has 1 aromatic carbocycles. The van der Waals surface area contributed by atoms with Gasteiger partial charge in [0.15, 0.2) is 0 Å². The fourth-order valence-electron chi connectivity index (χ4n) is 4.48. The van der Waals surface area contributed by atoms with E-state index in [2.05, 4.69) is 53.6 Å². The van der Waals surface area contributed by atoms with Crippen molar-refractivity contribution in [2.24, 2.45) is 0 Å². The largest absolute Gasteiger partial charge is 0.421 e. The first kappa shape index (κ1) is 21.7. The van der Waals surface area contributed by atoms with Crippen molar-refractivity contribution in [1.82, 2.24) is 15.5 Å². The van der Waals surface area contributed by atoms with Crippen LogP contribution < -0.4 is 5.32 Å². The standard InChI is InChI=1S/C24H29N3O3S/c1-23(2)17-24(12-14-29-23,19-6-4-3-5-7-19)11-13-25-20(28)8-9-21-26-27-22(30-21)18-10-15-31-16-18/h3-7,10,15-16H,8-9,11-14,17H2,1-2H3,(H,25,28)/t24-/m1/s1. The van der Waals surface area contributed by atoms with Crippen molar-refractivity contribution < 1.29 is 13.9 Å². The van der Waals surface area contributed by atoms with Crippen LogP contribution in [0.5, 0.6) is 0 Å². The smallest absolute Gasteiger partial charge is 0.248 e. The molecule has 6 nitrogen and oxygen atoms in total. The summed E-state index contributed by atoms with van der Waals surface area (Å²) in [5.41, 5.74) is 2.08. The third-order valence-corrected chi connectivity index (χ3v) is 6.63. The number of benzene rings is 1. The van der Waals surface area contributed by atoms with E-state index in [9.17, 15) is 4.79 Å². The highest BCUT2D eigenvalue weighted by Crippen LogP contribution is 2.43. The Morgan fingerprint density at radius 1 is 1.19 bits per heavy atom. The molecular weight excluding hydrogens is 410 g/mol. The number of carbonyl (C=O) groups excluding carboxylic acids is 1. The van der Waals surface area contributed by atoms with Gasteiger partial charge < -0.3 is 14.5 Å². The number of hydrogen-bond donors (Lipinski definition) is 1. The van der Waals surface area contributed by atoms with E-state index >= 15 is 0 Å². The highest BCUT2D eigenvalue weighted by Gasteiger charge is 2.41. The molecule has 3 aromatic rings. The number of rotatable bonds is 8. The fraction of sp³-hybridized carbons (Fsp3) is 0.458. The molecule has 1 fully saturated rings. The Morgan fingerprint density at radius 3 is 2.77 bits per heavy atom. The first-order valence-corrected chi connectivity index (χ1v) is 11.7. The molecule has 1 saturated heterocycles. The van der Waals surface area contributed by atoms with Gasteiger partial charge in [-0.2, -0.15) is 11.3 Å². The van der Waals surface area contributed by atoms with Crippen LogP contribution in [0.3, 0.4) is 0 Å². The summed E-state index contributed by atoms with van der Waals surface area (Å²) in [6, 6.07) is 12.6. The number of aryl methyl sites for hydroxylation is 1. The van der Waals surface area contributed by atoms with E-state index in [1.807, 2.05) is 22.9 Å². The Balaban J connectivity index is 1.31. The lowest BCUT2D eigenvalue weighted by Crippen LogP contribution is -2.45. The Hall–Kier alpha value is -2.51. The van der Waals surface area contributed by atoms with Crippen LogP contribution >= 0.6 is 11.3 Å². The Labute approximate surface area is 187 Å². The molecule has 0 saturated carbocycles. The molecule has 1 atom stereocenters. The first-order chi connectivity index (χ1) is 15.0. The lowest BCUT2D eigenvalue weighted by atomic mass is 9.67. The van der Waals surface area contributed by atoms with E-state index < -0.39 is 0 Å². The SMILES string of the molecule is CC1(C)C[C@](CCNC(=O)CCc2nnc(-c3ccsc3)o2)(c2ccccc2)CCO1. The Morgan fingerprint density at radius 2 is 2.03 bits per heavy atom. The predicted molar refractivity (Wildman–Crippen MR) is 121 cm³/mol. The molecule has 0 bridgehead atoms. The van der Waals surface area contributed by atoms with Crippen LogP contribution in [0.1, 0.15) is 51.0 Å². The topological polar surface area (TPSA) is 77.3 Å². The molecule has 1 N–H and O–H groups in total. The predicted octanol–water partition coefficient (Wildman–Crippen LogP) is 4.76. The van der Waals surface area contributed by atoms with E-state index in [-0.39, 0.29) is 16.9 Å². The van der Waals surface area contributed by atoms with Gasteiger partial charge in [0.2, 0.25) is 17.7 Å². The van der Waals surface area contributed by atoms with Gasteiger partial charge in [-0.3, -0.25) is 4.79 Å². The van der Waals surface area contributed by atoms with Crippen LogP contribution in [0.15, 0.2) is 51.6 Å². The zero-order chi connectivity index (χ0) is 21.7. The summed E-state index contributed by atoms with van der Waals surface area (Å²) < 4.78 is 11.6. The molecular formula is C24H29N3O3S. The molecule has 1 amide bonds. The third kappa shape index (κ3) is 5.40. The van der Waals surface area contributed by atoms with Crippen molar-refractivity contribution in [3.63, 3.8) is 0 Å². The van der Waals surface area contributed by atoms with Crippen molar-refractivity contribution in [3.8, 4) is 11.5 Å². The summed E-state index contributed by atoms with van der Waals surface area (Å²) in [6.07, 6.45) is 3.56. The van der Waals surface area contributed by atoms with Crippen LogP contribution in [0, 0.1) is 0 Å². The van der Waals surface area contributed by atoms with Gasteiger partial charge in [0, 0.05) is 42.4 Å². The maximum atomic E-state index is 12.4. The lowest BCUT2D eigenvalue weighted by Gasteiger charge is -2.45. The molecule has 0 radical (unpaired) electrons. The molecule has 7 heteroatoms. The average molecular weight is 440 g/mol. The maximum Gasteiger partial charge on any atom is 0.248 e. The summed E-state index contributed by atoms with van der Waals surface area (Å²) >= 11 is 1.58. The quantitative estimate of drug-likeness (QED) is 0.547. The minimum Gasteiger partial charge on any atom is -0.421 e. The highest BCUT2D eigenvalue weighted by molar-refractivity contribution is 7.08. The number of hydrogen-bond acceptors (Lipinski definition) is 6. The maximum absolute atomic E-state index is 12.4. The zero-order valence-corrected chi connectivity index (χ0v) is 18.9. The number of carbonyl (C=O) groups is 1. The van der Waals surface area contributed by atoms with Crippen LogP contribution in [0.25, 0.3) is 11.5 Å². The van der Waals surface area contributed by atoms with Crippen molar-refractivity contribution in [1.29, 1.82) is 0 Å². The van der Waals surface area contributed by atoms with Gasteiger partial charge in [-0.1, -0.05) is 30.3 Å². The fourth-order valence-corrected chi connectivity index (χ4v) is 5.11. The minimum atomic E-state index is -0.170. The molecule has 0 unspecified atom stereocenters. The van der Waals surface area contributed by atoms with E-state index in [4.69, 9.17) is 9.15 Å². The number of nitrogens with one attached hydrogen (secondary N) is 1. The molecule has 3 heterocycles. The molecule has 4 rings (SSSR count). The summed E-state index contributed by atoms with van der Waals surface area (Å²) in [5, 5.41) is 15.1. The number of aromatic nitrogens is 2. The minimum absolute atomic E-state index is 0.00446. The zero-order valence-electron chi connectivity index (χ0n) is 18.1. The summed E-state index contributed by atoms with van der Waals surface area (Å²) in [5.74, 6) is 0.997. The van der Waals surface area contributed by atoms with E-state index in [0.29, 0.717) is 31.2 Å². The second-order valence-corrected chi connectivity index (χ2v) is 9.57. The van der Waals surface area contributed by atoms with Gasteiger partial charge in [-0.15, -0.1) is 10.2 Å². The highest BCUT2D eigenvalue weighted by atomic mass is 32.1. The van der Waals surface area contributed by atoms with Crippen molar-refractivity contribution in [2.75, 3.05) is 13.2 Å². The van der Waals surface area contributed by atoms with Crippen LogP contribution in [-0.4, -0.2) is 34.9 Å². The van der Waals surface area contributed by atoms with E-state index in [1.165, 1.54) is 5.56 Å². The van der Waals surface area contributed by atoms with Gasteiger partial charge in [0.05, 0.1) is 5.60 Å². The monoisotopic (exact) mass is 439 g/mol. The lowest BCUT2D eigenvalue weighted by molar-refractivity contribution is -0.121. The summed E-state index contributed by atoms with van der Waals surface area (Å²) in [7, 11) is 0. The first-order valence-electron chi connectivity index (χ1n) is 10.8. The normalized spacial score (nSPS) is 20.5. The van der Waals surface area contributed by atoms with Gasteiger partial charge in [-0.25, -0.2) is 0 Å². The Bertz CT molecular complexity index is 985. The second kappa shape index (κ2) is 9.32. The van der Waals surface area contributed by atoms with E-state index in [1.54, 1.807) is 11.3 Å². The molecule has 31 heavy (non-hydrogen) atoms. The molecule has 164 valence electrons. The Kier molecular flexibility index (Phi) is 6.53. The van der Waals surface area contributed by atoms with Gasteiger partial charge >= 0.3 is 0 Å². The van der Waals surface area contributed by atoms with Crippen molar-refractivity contribution in [2.45, 2.75) is 57.0 Å². The number of thiophene rings is 1.